The Morgan fingerprint density at radius 3 is 3.00 bits per heavy atom. The summed E-state index contributed by atoms with van der Waals surface area (Å²) in [6.07, 6.45) is 1.85. The lowest BCUT2D eigenvalue weighted by Gasteiger charge is -2.29. The first-order chi connectivity index (χ1) is 8.11. The predicted molar refractivity (Wildman–Crippen MR) is 62.1 cm³/mol. The number of ether oxygens (including phenoxy) is 1. The largest absolute Gasteiger partial charge is 0.469 e. The fourth-order valence-electron chi connectivity index (χ4n) is 2.57. The van der Waals surface area contributed by atoms with E-state index in [9.17, 15) is 9.18 Å². The summed E-state index contributed by atoms with van der Waals surface area (Å²) < 4.78 is 17.9. The van der Waals surface area contributed by atoms with Crippen molar-refractivity contribution in [1.29, 1.82) is 0 Å². The van der Waals surface area contributed by atoms with Crippen molar-refractivity contribution in [1.82, 2.24) is 5.32 Å². The smallest absolute Gasteiger partial charge is 0.307 e. The molecule has 2 rings (SSSR count). The number of carbonyl (C=O) groups is 1. The molecule has 0 bridgehead atoms. The summed E-state index contributed by atoms with van der Waals surface area (Å²) in [7, 11) is 3.20. The van der Waals surface area contributed by atoms with Gasteiger partial charge in [-0.15, -0.1) is 0 Å². The first kappa shape index (κ1) is 12.0. The van der Waals surface area contributed by atoms with Crippen molar-refractivity contribution in [2.45, 2.75) is 24.8 Å². The highest BCUT2D eigenvalue weighted by atomic mass is 19.1. The van der Waals surface area contributed by atoms with Gasteiger partial charge >= 0.3 is 5.97 Å². The van der Waals surface area contributed by atoms with E-state index in [4.69, 9.17) is 4.74 Å². The maximum Gasteiger partial charge on any atom is 0.307 e. The summed E-state index contributed by atoms with van der Waals surface area (Å²) in [5, 5.41) is 3.20. The zero-order chi connectivity index (χ0) is 12.5. The maximum atomic E-state index is 13.1. The average Bonchev–Trinajstić information content (AvgIpc) is 2.68. The predicted octanol–water partition coefficient (Wildman–Crippen LogP) is 1.75. The summed E-state index contributed by atoms with van der Waals surface area (Å²) in [6, 6.07) is 4.75. The summed E-state index contributed by atoms with van der Waals surface area (Å²) in [6.45, 7) is 0. The molecule has 1 unspecified atom stereocenters. The zero-order valence-corrected chi connectivity index (χ0v) is 10.0. The monoisotopic (exact) mass is 237 g/mol. The van der Waals surface area contributed by atoms with Crippen LogP contribution < -0.4 is 5.32 Å². The van der Waals surface area contributed by atoms with Gasteiger partial charge in [-0.2, -0.15) is 0 Å². The highest BCUT2D eigenvalue weighted by Crippen LogP contribution is 2.39. The summed E-state index contributed by atoms with van der Waals surface area (Å²) >= 11 is 0. The second-order valence-corrected chi connectivity index (χ2v) is 4.39. The molecule has 0 radical (unpaired) electrons. The van der Waals surface area contributed by atoms with Crippen LogP contribution in [0.25, 0.3) is 0 Å². The van der Waals surface area contributed by atoms with Crippen LogP contribution in [0.3, 0.4) is 0 Å². The van der Waals surface area contributed by atoms with Gasteiger partial charge in [0.25, 0.3) is 0 Å². The molecule has 1 aliphatic carbocycles. The number of esters is 1. The van der Waals surface area contributed by atoms with Crippen LogP contribution in [0.1, 0.15) is 24.0 Å². The van der Waals surface area contributed by atoms with E-state index in [1.165, 1.54) is 13.2 Å². The van der Waals surface area contributed by atoms with Gasteiger partial charge in [0.15, 0.2) is 0 Å². The van der Waals surface area contributed by atoms with E-state index in [0.29, 0.717) is 0 Å². The van der Waals surface area contributed by atoms with E-state index in [1.54, 1.807) is 12.1 Å². The molecular weight excluding hydrogens is 221 g/mol. The van der Waals surface area contributed by atoms with Gasteiger partial charge in [0.2, 0.25) is 0 Å². The molecule has 0 aromatic heterocycles. The normalized spacial score (nSPS) is 22.3. The molecule has 1 atom stereocenters. The standard InChI is InChI=1S/C13H16FNO2/c1-15-13(8-12(16)17-2)6-5-9-7-10(14)3-4-11(9)13/h3-4,7,15H,5-6,8H2,1-2H3. The van der Waals surface area contributed by atoms with Gasteiger partial charge in [0.1, 0.15) is 5.82 Å². The summed E-state index contributed by atoms with van der Waals surface area (Å²) in [4.78, 5) is 11.5. The molecule has 0 fully saturated rings. The zero-order valence-electron chi connectivity index (χ0n) is 10.0. The third-order valence-electron chi connectivity index (χ3n) is 3.56. The number of carbonyl (C=O) groups excluding carboxylic acids is 1. The van der Waals surface area contributed by atoms with Crippen LogP contribution in [0.4, 0.5) is 4.39 Å². The van der Waals surface area contributed by atoms with Gasteiger partial charge < -0.3 is 10.1 Å². The van der Waals surface area contributed by atoms with Crippen LogP contribution in [0.15, 0.2) is 18.2 Å². The molecule has 1 aromatic rings. The van der Waals surface area contributed by atoms with Crippen molar-refractivity contribution in [3.05, 3.63) is 35.1 Å². The molecule has 0 spiro atoms. The Morgan fingerprint density at radius 2 is 2.35 bits per heavy atom. The Balaban J connectivity index is 2.37. The third kappa shape index (κ3) is 2.05. The molecule has 3 nitrogen and oxygen atoms in total. The Morgan fingerprint density at radius 1 is 1.59 bits per heavy atom. The second kappa shape index (κ2) is 4.45. The van der Waals surface area contributed by atoms with Crippen LogP contribution in [0, 0.1) is 5.82 Å². The SMILES string of the molecule is CNC1(CC(=O)OC)CCc2cc(F)ccc21. The first-order valence-corrected chi connectivity index (χ1v) is 5.66. The molecule has 1 N–H and O–H groups in total. The van der Waals surface area contributed by atoms with E-state index in [0.717, 1.165) is 24.0 Å². The molecule has 0 aliphatic heterocycles. The van der Waals surface area contributed by atoms with Crippen LogP contribution in [-0.2, 0) is 21.5 Å². The number of aryl methyl sites for hydroxylation is 1. The minimum Gasteiger partial charge on any atom is -0.469 e. The molecule has 4 heteroatoms. The Kier molecular flexibility index (Phi) is 3.15. The van der Waals surface area contributed by atoms with Crippen molar-refractivity contribution < 1.29 is 13.9 Å². The quantitative estimate of drug-likeness (QED) is 0.814. The van der Waals surface area contributed by atoms with Crippen molar-refractivity contribution in [3.8, 4) is 0 Å². The van der Waals surface area contributed by atoms with Gasteiger partial charge in [-0.05, 0) is 43.1 Å². The molecule has 0 saturated heterocycles. The molecule has 1 aliphatic rings. The molecule has 17 heavy (non-hydrogen) atoms. The highest BCUT2D eigenvalue weighted by Gasteiger charge is 2.39. The summed E-state index contributed by atoms with van der Waals surface area (Å²) in [5.41, 5.74) is 1.57. The van der Waals surface area contributed by atoms with Gasteiger partial charge in [0, 0.05) is 0 Å². The van der Waals surface area contributed by atoms with Gasteiger partial charge in [-0.25, -0.2) is 4.39 Å². The number of hydrogen-bond acceptors (Lipinski definition) is 3. The fraction of sp³-hybridized carbons (Fsp3) is 0.462. The number of fused-ring (bicyclic) bond motifs is 1. The van der Waals surface area contributed by atoms with Gasteiger partial charge in [0.05, 0.1) is 19.1 Å². The highest BCUT2D eigenvalue weighted by molar-refractivity contribution is 5.71. The van der Waals surface area contributed by atoms with E-state index in [1.807, 2.05) is 7.05 Å². The van der Waals surface area contributed by atoms with E-state index >= 15 is 0 Å². The lowest BCUT2D eigenvalue weighted by Crippen LogP contribution is -2.40. The lowest BCUT2D eigenvalue weighted by atomic mass is 9.88. The van der Waals surface area contributed by atoms with Crippen molar-refractivity contribution >= 4 is 5.97 Å². The summed E-state index contributed by atoms with van der Waals surface area (Å²) in [5.74, 6) is -0.481. The number of methoxy groups -OCH3 is 1. The third-order valence-corrected chi connectivity index (χ3v) is 3.56. The van der Waals surface area contributed by atoms with E-state index in [-0.39, 0.29) is 18.2 Å². The Labute approximate surface area is 100.0 Å². The van der Waals surface area contributed by atoms with Gasteiger partial charge in [-0.3, -0.25) is 4.79 Å². The van der Waals surface area contributed by atoms with Crippen LogP contribution in [0.2, 0.25) is 0 Å². The number of halogens is 1. The molecular formula is C13H16FNO2. The topological polar surface area (TPSA) is 38.3 Å². The fourth-order valence-corrected chi connectivity index (χ4v) is 2.57. The number of rotatable bonds is 3. The van der Waals surface area contributed by atoms with Gasteiger partial charge in [-0.1, -0.05) is 6.07 Å². The Bertz CT molecular complexity index is 447. The average molecular weight is 237 g/mol. The molecule has 0 heterocycles. The lowest BCUT2D eigenvalue weighted by molar-refractivity contribution is -0.142. The van der Waals surface area contributed by atoms with Crippen LogP contribution >= 0.6 is 0 Å². The molecule has 0 amide bonds. The number of hydrogen-bond donors (Lipinski definition) is 1. The van der Waals surface area contributed by atoms with Crippen LogP contribution in [-0.4, -0.2) is 20.1 Å². The minimum atomic E-state index is -0.407. The van der Waals surface area contributed by atoms with Crippen molar-refractivity contribution in [2.24, 2.45) is 0 Å². The number of benzene rings is 1. The molecule has 92 valence electrons. The molecule has 1 aromatic carbocycles. The van der Waals surface area contributed by atoms with E-state index < -0.39 is 5.54 Å². The maximum absolute atomic E-state index is 13.1. The van der Waals surface area contributed by atoms with E-state index in [2.05, 4.69) is 5.32 Å². The first-order valence-electron chi connectivity index (χ1n) is 5.66. The molecule has 0 saturated carbocycles. The second-order valence-electron chi connectivity index (χ2n) is 4.39. The van der Waals surface area contributed by atoms with Crippen LogP contribution in [0.5, 0.6) is 0 Å². The minimum absolute atomic E-state index is 0.228. The van der Waals surface area contributed by atoms with Crippen molar-refractivity contribution in [3.63, 3.8) is 0 Å². The van der Waals surface area contributed by atoms with Crippen molar-refractivity contribution in [2.75, 3.05) is 14.2 Å². The Hall–Kier alpha value is -1.42. The number of nitrogens with one attached hydrogen (secondary N) is 1.